The SMILES string of the molecule is Cc1nc(C(C)NC(=O)N2CCC3(C2)Oc2ccccc2O3)cs1. The number of urea groups is 1. The predicted octanol–water partition coefficient (Wildman–Crippen LogP) is 3.10. The second-order valence-electron chi connectivity index (χ2n) is 6.20. The molecule has 1 saturated heterocycles. The Morgan fingerprint density at radius 2 is 2.08 bits per heavy atom. The number of amides is 2. The molecule has 7 heteroatoms. The third-order valence-corrected chi connectivity index (χ3v) is 5.13. The van der Waals surface area contributed by atoms with Gasteiger partial charge in [0.25, 0.3) is 5.79 Å². The van der Waals surface area contributed by atoms with E-state index in [1.54, 1.807) is 16.2 Å². The monoisotopic (exact) mass is 345 g/mol. The fraction of sp³-hybridized carbons (Fsp3) is 0.412. The van der Waals surface area contributed by atoms with Crippen LogP contribution in [-0.2, 0) is 0 Å². The van der Waals surface area contributed by atoms with Crippen LogP contribution in [0.15, 0.2) is 29.6 Å². The van der Waals surface area contributed by atoms with Gasteiger partial charge in [-0.25, -0.2) is 9.78 Å². The number of rotatable bonds is 2. The minimum Gasteiger partial charge on any atom is -0.447 e. The molecule has 2 aliphatic rings. The summed E-state index contributed by atoms with van der Waals surface area (Å²) in [5.41, 5.74) is 0.889. The number of aromatic nitrogens is 1. The number of nitrogens with one attached hydrogen (secondary N) is 1. The number of nitrogens with zero attached hydrogens (tertiary/aromatic N) is 2. The first-order valence-electron chi connectivity index (χ1n) is 7.99. The van der Waals surface area contributed by atoms with Crippen molar-refractivity contribution in [3.05, 3.63) is 40.3 Å². The van der Waals surface area contributed by atoms with Crippen molar-refractivity contribution in [1.29, 1.82) is 0 Å². The summed E-state index contributed by atoms with van der Waals surface area (Å²) < 4.78 is 11.9. The number of hydrogen-bond donors (Lipinski definition) is 1. The molecule has 126 valence electrons. The van der Waals surface area contributed by atoms with E-state index in [0.717, 1.165) is 22.2 Å². The van der Waals surface area contributed by atoms with Gasteiger partial charge >= 0.3 is 6.03 Å². The predicted molar refractivity (Wildman–Crippen MR) is 90.4 cm³/mol. The summed E-state index contributed by atoms with van der Waals surface area (Å²) in [6, 6.07) is 7.37. The van der Waals surface area contributed by atoms with Crippen molar-refractivity contribution >= 4 is 17.4 Å². The van der Waals surface area contributed by atoms with Gasteiger partial charge in [-0.3, -0.25) is 0 Å². The summed E-state index contributed by atoms with van der Waals surface area (Å²) in [6.07, 6.45) is 0.652. The van der Waals surface area contributed by atoms with Crippen molar-refractivity contribution in [3.8, 4) is 11.5 Å². The highest BCUT2D eigenvalue weighted by molar-refractivity contribution is 7.09. The number of fused-ring (bicyclic) bond motifs is 1. The summed E-state index contributed by atoms with van der Waals surface area (Å²) in [4.78, 5) is 18.7. The number of para-hydroxylation sites is 2. The molecule has 0 aliphatic carbocycles. The molecule has 0 saturated carbocycles. The summed E-state index contributed by atoms with van der Waals surface area (Å²) in [6.45, 7) is 4.91. The van der Waals surface area contributed by atoms with Crippen LogP contribution in [0.2, 0.25) is 0 Å². The molecule has 2 aromatic rings. The van der Waals surface area contributed by atoms with Crippen LogP contribution in [0.25, 0.3) is 0 Å². The van der Waals surface area contributed by atoms with Gasteiger partial charge in [0.2, 0.25) is 0 Å². The van der Waals surface area contributed by atoms with Crippen LogP contribution >= 0.6 is 11.3 Å². The highest BCUT2D eigenvalue weighted by Crippen LogP contribution is 2.42. The number of hydrogen-bond acceptors (Lipinski definition) is 5. The number of aryl methyl sites for hydroxylation is 1. The molecular weight excluding hydrogens is 326 g/mol. The van der Waals surface area contributed by atoms with E-state index in [9.17, 15) is 4.79 Å². The fourth-order valence-electron chi connectivity index (χ4n) is 3.06. The normalized spacial score (nSPS) is 18.8. The second kappa shape index (κ2) is 5.66. The Labute approximate surface area is 144 Å². The van der Waals surface area contributed by atoms with Crippen molar-refractivity contribution < 1.29 is 14.3 Å². The second-order valence-corrected chi connectivity index (χ2v) is 7.26. The average Bonchev–Trinajstić information content (AvgIpc) is 3.25. The van der Waals surface area contributed by atoms with Gasteiger partial charge in [0.05, 0.1) is 23.3 Å². The highest BCUT2D eigenvalue weighted by Gasteiger charge is 2.48. The Morgan fingerprint density at radius 3 is 2.71 bits per heavy atom. The van der Waals surface area contributed by atoms with E-state index < -0.39 is 5.79 Å². The zero-order valence-corrected chi connectivity index (χ0v) is 14.4. The molecule has 0 bridgehead atoms. The molecule has 1 spiro atoms. The van der Waals surface area contributed by atoms with Crippen LogP contribution < -0.4 is 14.8 Å². The van der Waals surface area contributed by atoms with Crippen LogP contribution in [0.4, 0.5) is 4.79 Å². The first kappa shape index (κ1) is 15.3. The van der Waals surface area contributed by atoms with Crippen LogP contribution in [0.1, 0.15) is 30.1 Å². The number of thiazole rings is 1. The Balaban J connectivity index is 1.39. The first-order chi connectivity index (χ1) is 11.5. The summed E-state index contributed by atoms with van der Waals surface area (Å²) in [5.74, 6) is 0.735. The zero-order valence-electron chi connectivity index (χ0n) is 13.6. The number of carbonyl (C=O) groups excluding carboxylic acids is 1. The third-order valence-electron chi connectivity index (χ3n) is 4.34. The van der Waals surface area contributed by atoms with Gasteiger partial charge in [-0.15, -0.1) is 11.3 Å². The minimum atomic E-state index is -0.749. The lowest BCUT2D eigenvalue weighted by molar-refractivity contribution is -0.0650. The summed E-state index contributed by atoms with van der Waals surface area (Å²) in [7, 11) is 0. The van der Waals surface area contributed by atoms with Crippen molar-refractivity contribution in [3.63, 3.8) is 0 Å². The van der Waals surface area contributed by atoms with E-state index in [1.807, 2.05) is 43.5 Å². The molecule has 1 aromatic heterocycles. The van der Waals surface area contributed by atoms with E-state index in [1.165, 1.54) is 0 Å². The average molecular weight is 345 g/mol. The largest absolute Gasteiger partial charge is 0.447 e. The molecule has 24 heavy (non-hydrogen) atoms. The maximum atomic E-state index is 12.5. The molecule has 3 heterocycles. The van der Waals surface area contributed by atoms with Gasteiger partial charge in [0, 0.05) is 18.3 Å². The Morgan fingerprint density at radius 1 is 1.38 bits per heavy atom. The smallest absolute Gasteiger partial charge is 0.318 e. The van der Waals surface area contributed by atoms with Crippen molar-refractivity contribution in [2.24, 2.45) is 0 Å². The molecule has 1 fully saturated rings. The quantitative estimate of drug-likeness (QED) is 0.908. The lowest BCUT2D eigenvalue weighted by atomic mass is 10.2. The molecule has 1 N–H and O–H groups in total. The lowest BCUT2D eigenvalue weighted by Gasteiger charge is -2.24. The number of carbonyl (C=O) groups is 1. The highest BCUT2D eigenvalue weighted by atomic mass is 32.1. The molecule has 2 aliphatic heterocycles. The Kier molecular flexibility index (Phi) is 3.60. The minimum absolute atomic E-state index is 0.117. The molecule has 1 unspecified atom stereocenters. The first-order valence-corrected chi connectivity index (χ1v) is 8.87. The van der Waals surface area contributed by atoms with Crippen LogP contribution in [0, 0.1) is 6.92 Å². The molecule has 1 aromatic carbocycles. The van der Waals surface area contributed by atoms with Crippen molar-refractivity contribution in [2.45, 2.75) is 32.1 Å². The fourth-order valence-corrected chi connectivity index (χ4v) is 3.77. The van der Waals surface area contributed by atoms with E-state index in [4.69, 9.17) is 9.47 Å². The molecule has 2 amide bonds. The number of benzene rings is 1. The van der Waals surface area contributed by atoms with E-state index in [-0.39, 0.29) is 12.1 Å². The maximum Gasteiger partial charge on any atom is 0.318 e. The van der Waals surface area contributed by atoms with Gasteiger partial charge in [-0.2, -0.15) is 0 Å². The topological polar surface area (TPSA) is 63.7 Å². The number of likely N-dealkylation sites (tertiary alicyclic amines) is 1. The molecular formula is C17H19N3O3S. The third kappa shape index (κ3) is 2.69. The van der Waals surface area contributed by atoms with Crippen molar-refractivity contribution in [2.75, 3.05) is 13.1 Å². The molecule has 6 nitrogen and oxygen atoms in total. The number of ether oxygens (including phenoxy) is 2. The molecule has 0 radical (unpaired) electrons. The van der Waals surface area contributed by atoms with Crippen molar-refractivity contribution in [1.82, 2.24) is 15.2 Å². The standard InChI is InChI=1S/C17H19N3O3S/c1-11(13-9-24-12(2)19-13)18-16(21)20-8-7-17(10-20)22-14-5-3-4-6-15(14)23-17/h3-6,9,11H,7-8,10H2,1-2H3,(H,18,21). The lowest BCUT2D eigenvalue weighted by Crippen LogP contribution is -2.45. The molecule has 1 atom stereocenters. The van der Waals surface area contributed by atoms with Crippen LogP contribution in [0.5, 0.6) is 11.5 Å². The molecule has 4 rings (SSSR count). The zero-order chi connectivity index (χ0) is 16.7. The van der Waals surface area contributed by atoms with Gasteiger partial charge < -0.3 is 19.7 Å². The van der Waals surface area contributed by atoms with E-state index in [2.05, 4.69) is 10.3 Å². The Bertz CT molecular complexity index is 751. The summed E-state index contributed by atoms with van der Waals surface area (Å²) >= 11 is 1.58. The van der Waals surface area contributed by atoms with Gasteiger partial charge in [-0.1, -0.05) is 12.1 Å². The van der Waals surface area contributed by atoms with Gasteiger partial charge in [0.15, 0.2) is 11.5 Å². The summed E-state index contributed by atoms with van der Waals surface area (Å²) in [5, 5.41) is 5.97. The van der Waals surface area contributed by atoms with Gasteiger partial charge in [0.1, 0.15) is 0 Å². The van der Waals surface area contributed by atoms with E-state index >= 15 is 0 Å². The van der Waals surface area contributed by atoms with Crippen LogP contribution in [-0.4, -0.2) is 34.8 Å². The van der Waals surface area contributed by atoms with Gasteiger partial charge in [-0.05, 0) is 26.0 Å². The van der Waals surface area contributed by atoms with Crippen LogP contribution in [0.3, 0.4) is 0 Å². The van der Waals surface area contributed by atoms with E-state index in [0.29, 0.717) is 19.5 Å². The Hall–Kier alpha value is -2.28. The maximum absolute atomic E-state index is 12.5.